The van der Waals surface area contributed by atoms with E-state index in [2.05, 4.69) is 35.4 Å². The maximum atomic E-state index is 6.55. The number of aromatic nitrogens is 1. The van der Waals surface area contributed by atoms with E-state index in [1.165, 1.54) is 29.5 Å². The number of fused-ring (bicyclic) bond motifs is 1. The predicted octanol–water partition coefficient (Wildman–Crippen LogP) is 3.60. The standard InChI is InChI=1S/C14H17ClN2/c1-9-8-12-13(17-9)3-2-11(14(12)15)10-4-6-16-7-5-10/h2-3,8,10,16-17H,4-7H2,1H3. The summed E-state index contributed by atoms with van der Waals surface area (Å²) < 4.78 is 0. The quantitative estimate of drug-likeness (QED) is 0.793. The van der Waals surface area contributed by atoms with Crippen molar-refractivity contribution in [2.45, 2.75) is 25.7 Å². The normalized spacial score (nSPS) is 17.8. The second-order valence-corrected chi connectivity index (χ2v) is 5.28. The number of nitrogens with one attached hydrogen (secondary N) is 2. The van der Waals surface area contributed by atoms with Crippen LogP contribution in [-0.4, -0.2) is 18.1 Å². The third-order valence-corrected chi connectivity index (χ3v) is 4.10. The zero-order chi connectivity index (χ0) is 11.8. The van der Waals surface area contributed by atoms with E-state index in [-0.39, 0.29) is 0 Å². The van der Waals surface area contributed by atoms with Gasteiger partial charge in [-0.15, -0.1) is 0 Å². The predicted molar refractivity (Wildman–Crippen MR) is 72.9 cm³/mol. The van der Waals surface area contributed by atoms with E-state index in [0.29, 0.717) is 5.92 Å². The largest absolute Gasteiger partial charge is 0.359 e. The van der Waals surface area contributed by atoms with E-state index in [0.717, 1.165) is 23.6 Å². The first-order valence-corrected chi connectivity index (χ1v) is 6.62. The Kier molecular flexibility index (Phi) is 2.85. The molecule has 0 bridgehead atoms. The van der Waals surface area contributed by atoms with Gasteiger partial charge in [0, 0.05) is 16.6 Å². The molecule has 2 aromatic rings. The van der Waals surface area contributed by atoms with Crippen LogP contribution in [0.5, 0.6) is 0 Å². The first-order valence-electron chi connectivity index (χ1n) is 6.24. The van der Waals surface area contributed by atoms with Crippen molar-refractivity contribution in [1.29, 1.82) is 0 Å². The van der Waals surface area contributed by atoms with Crippen LogP contribution < -0.4 is 5.32 Å². The molecule has 1 aromatic heterocycles. The molecule has 0 unspecified atom stereocenters. The summed E-state index contributed by atoms with van der Waals surface area (Å²) in [7, 11) is 0. The summed E-state index contributed by atoms with van der Waals surface area (Å²) in [6.07, 6.45) is 2.38. The average Bonchev–Trinajstić information content (AvgIpc) is 2.72. The molecule has 3 rings (SSSR count). The fourth-order valence-electron chi connectivity index (χ4n) is 2.77. The highest BCUT2D eigenvalue weighted by molar-refractivity contribution is 6.36. The second-order valence-electron chi connectivity index (χ2n) is 4.91. The molecule has 1 aliphatic heterocycles. The van der Waals surface area contributed by atoms with E-state index in [4.69, 9.17) is 11.6 Å². The molecular weight excluding hydrogens is 232 g/mol. The minimum Gasteiger partial charge on any atom is -0.359 e. The van der Waals surface area contributed by atoms with Crippen LogP contribution in [0.25, 0.3) is 10.9 Å². The van der Waals surface area contributed by atoms with Gasteiger partial charge in [0.1, 0.15) is 0 Å². The van der Waals surface area contributed by atoms with E-state index in [1.807, 2.05) is 0 Å². The number of H-pyrrole nitrogens is 1. The summed E-state index contributed by atoms with van der Waals surface area (Å²) in [4.78, 5) is 3.33. The first-order chi connectivity index (χ1) is 8.25. The Labute approximate surface area is 106 Å². The molecule has 3 heteroatoms. The van der Waals surface area contributed by atoms with Gasteiger partial charge in [0.25, 0.3) is 0 Å². The van der Waals surface area contributed by atoms with E-state index in [9.17, 15) is 0 Å². The van der Waals surface area contributed by atoms with Gasteiger partial charge in [0.15, 0.2) is 0 Å². The van der Waals surface area contributed by atoms with Gasteiger partial charge in [0.2, 0.25) is 0 Å². The Morgan fingerprint density at radius 2 is 2.00 bits per heavy atom. The van der Waals surface area contributed by atoms with Crippen LogP contribution >= 0.6 is 11.6 Å². The number of benzene rings is 1. The molecule has 0 saturated carbocycles. The van der Waals surface area contributed by atoms with Gasteiger partial charge in [-0.2, -0.15) is 0 Å². The fraction of sp³-hybridized carbons (Fsp3) is 0.429. The monoisotopic (exact) mass is 248 g/mol. The van der Waals surface area contributed by atoms with E-state index < -0.39 is 0 Å². The molecule has 1 aromatic carbocycles. The number of rotatable bonds is 1. The van der Waals surface area contributed by atoms with Crippen LogP contribution in [0.2, 0.25) is 5.02 Å². The topological polar surface area (TPSA) is 27.8 Å². The average molecular weight is 249 g/mol. The molecule has 0 aliphatic carbocycles. The van der Waals surface area contributed by atoms with Crippen LogP contribution in [0.1, 0.15) is 30.0 Å². The van der Waals surface area contributed by atoms with Gasteiger partial charge in [-0.1, -0.05) is 17.7 Å². The molecule has 2 N–H and O–H groups in total. The summed E-state index contributed by atoms with van der Waals surface area (Å²) in [5, 5.41) is 5.51. The second kappa shape index (κ2) is 4.35. The molecule has 1 saturated heterocycles. The van der Waals surface area contributed by atoms with Crippen molar-refractivity contribution in [2.75, 3.05) is 13.1 Å². The van der Waals surface area contributed by atoms with Gasteiger partial charge in [0.05, 0.1) is 5.02 Å². The van der Waals surface area contributed by atoms with Crippen molar-refractivity contribution in [2.24, 2.45) is 0 Å². The van der Waals surface area contributed by atoms with Crippen molar-refractivity contribution in [3.63, 3.8) is 0 Å². The molecule has 0 atom stereocenters. The Morgan fingerprint density at radius 3 is 2.76 bits per heavy atom. The number of hydrogen-bond donors (Lipinski definition) is 2. The fourth-order valence-corrected chi connectivity index (χ4v) is 3.15. The highest BCUT2D eigenvalue weighted by atomic mass is 35.5. The molecule has 17 heavy (non-hydrogen) atoms. The number of aromatic amines is 1. The van der Waals surface area contributed by atoms with Crippen LogP contribution in [0.15, 0.2) is 18.2 Å². The smallest absolute Gasteiger partial charge is 0.0534 e. The maximum Gasteiger partial charge on any atom is 0.0534 e. The van der Waals surface area contributed by atoms with Crippen LogP contribution in [-0.2, 0) is 0 Å². The SMILES string of the molecule is Cc1cc2c(Cl)c(C3CCNCC3)ccc2[nH]1. The molecule has 90 valence electrons. The zero-order valence-corrected chi connectivity index (χ0v) is 10.8. The van der Waals surface area contributed by atoms with Crippen molar-refractivity contribution >= 4 is 22.5 Å². The van der Waals surface area contributed by atoms with Gasteiger partial charge in [-0.25, -0.2) is 0 Å². The number of halogens is 1. The van der Waals surface area contributed by atoms with Crippen molar-refractivity contribution in [1.82, 2.24) is 10.3 Å². The lowest BCUT2D eigenvalue weighted by atomic mass is 9.89. The van der Waals surface area contributed by atoms with E-state index >= 15 is 0 Å². The Morgan fingerprint density at radius 1 is 1.24 bits per heavy atom. The molecule has 2 nitrogen and oxygen atoms in total. The maximum absolute atomic E-state index is 6.55. The first kappa shape index (κ1) is 11.1. The molecule has 0 radical (unpaired) electrons. The summed E-state index contributed by atoms with van der Waals surface area (Å²) >= 11 is 6.55. The van der Waals surface area contributed by atoms with Crippen LogP contribution in [0.4, 0.5) is 0 Å². The third-order valence-electron chi connectivity index (χ3n) is 3.68. The number of piperidine rings is 1. The minimum atomic E-state index is 0.614. The highest BCUT2D eigenvalue weighted by Gasteiger charge is 2.19. The molecule has 1 aliphatic rings. The van der Waals surface area contributed by atoms with Crippen molar-refractivity contribution < 1.29 is 0 Å². The Hall–Kier alpha value is -0.990. The van der Waals surface area contributed by atoms with Crippen LogP contribution in [0.3, 0.4) is 0 Å². The zero-order valence-electron chi connectivity index (χ0n) is 10.0. The van der Waals surface area contributed by atoms with Crippen molar-refractivity contribution in [3.8, 4) is 0 Å². The van der Waals surface area contributed by atoms with E-state index in [1.54, 1.807) is 0 Å². The summed E-state index contributed by atoms with van der Waals surface area (Å²) in [5.41, 5.74) is 3.63. The lowest BCUT2D eigenvalue weighted by Gasteiger charge is -2.24. The number of aryl methyl sites for hydroxylation is 1. The van der Waals surface area contributed by atoms with Gasteiger partial charge >= 0.3 is 0 Å². The summed E-state index contributed by atoms with van der Waals surface area (Å²) in [6.45, 7) is 4.27. The van der Waals surface area contributed by atoms with Crippen molar-refractivity contribution in [3.05, 3.63) is 34.5 Å². The molecule has 0 amide bonds. The summed E-state index contributed by atoms with van der Waals surface area (Å²) in [6, 6.07) is 6.49. The summed E-state index contributed by atoms with van der Waals surface area (Å²) in [5.74, 6) is 0.614. The van der Waals surface area contributed by atoms with Gasteiger partial charge < -0.3 is 10.3 Å². The molecule has 0 spiro atoms. The number of hydrogen-bond acceptors (Lipinski definition) is 1. The highest BCUT2D eigenvalue weighted by Crippen LogP contribution is 2.35. The minimum absolute atomic E-state index is 0.614. The Bertz CT molecular complexity index is 538. The third kappa shape index (κ3) is 1.96. The van der Waals surface area contributed by atoms with Gasteiger partial charge in [-0.3, -0.25) is 0 Å². The van der Waals surface area contributed by atoms with Gasteiger partial charge in [-0.05, 0) is 56.5 Å². The van der Waals surface area contributed by atoms with Crippen LogP contribution in [0, 0.1) is 6.92 Å². The molecule has 2 heterocycles. The Balaban J connectivity index is 2.06. The lowest BCUT2D eigenvalue weighted by Crippen LogP contribution is -2.26. The lowest BCUT2D eigenvalue weighted by molar-refractivity contribution is 0.461. The molecular formula is C14H17ClN2. The molecule has 1 fully saturated rings.